The van der Waals surface area contributed by atoms with E-state index in [1.807, 2.05) is 0 Å². The fourth-order valence-corrected chi connectivity index (χ4v) is 3.37. The number of benzene rings is 2. The Morgan fingerprint density at radius 1 is 0.762 bits per heavy atom. The van der Waals surface area contributed by atoms with Crippen molar-refractivity contribution in [2.45, 2.75) is 39.2 Å². The van der Waals surface area contributed by atoms with E-state index in [2.05, 4.69) is 60.4 Å². The summed E-state index contributed by atoms with van der Waals surface area (Å²) < 4.78 is 0. The third kappa shape index (κ3) is 3.36. The van der Waals surface area contributed by atoms with Gasteiger partial charge in [0.25, 0.3) is 0 Å². The summed E-state index contributed by atoms with van der Waals surface area (Å²) in [4.78, 5) is 2.61. The Hall–Kier alpha value is -1.60. The Balaban J connectivity index is 1.91. The molecule has 0 radical (unpaired) electrons. The summed E-state index contributed by atoms with van der Waals surface area (Å²) in [5, 5.41) is 0. The molecule has 1 heteroatoms. The molecule has 2 aromatic rings. The van der Waals surface area contributed by atoms with Crippen molar-refractivity contribution in [3.8, 4) is 11.1 Å². The number of nitrogens with zero attached hydrogens (tertiary/aromatic N) is 1. The minimum atomic E-state index is 1.09. The van der Waals surface area contributed by atoms with E-state index in [9.17, 15) is 0 Å². The molecule has 2 aromatic carbocycles. The smallest absolute Gasteiger partial charge is 0.0239 e. The fraction of sp³-hybridized carbons (Fsp3) is 0.400. The molecule has 1 heterocycles. The molecular weight excluding hydrogens is 254 g/mol. The lowest BCUT2D eigenvalue weighted by molar-refractivity contribution is 0.221. The van der Waals surface area contributed by atoms with Gasteiger partial charge in [0.05, 0.1) is 0 Å². The topological polar surface area (TPSA) is 3.24 Å². The van der Waals surface area contributed by atoms with E-state index in [1.165, 1.54) is 54.6 Å². The highest BCUT2D eigenvalue weighted by Crippen LogP contribution is 2.28. The Morgan fingerprint density at radius 3 is 2.00 bits per heavy atom. The van der Waals surface area contributed by atoms with Crippen LogP contribution in [0.2, 0.25) is 0 Å². The second-order valence-corrected chi connectivity index (χ2v) is 6.00. The van der Waals surface area contributed by atoms with E-state index in [1.54, 1.807) is 0 Å². The molecule has 1 aliphatic rings. The first-order chi connectivity index (χ1) is 10.4. The van der Waals surface area contributed by atoms with Crippen LogP contribution in [0, 0.1) is 0 Å². The summed E-state index contributed by atoms with van der Waals surface area (Å²) in [6, 6.07) is 17.8. The highest BCUT2D eigenvalue weighted by Gasteiger charge is 2.14. The van der Waals surface area contributed by atoms with Crippen molar-refractivity contribution < 1.29 is 0 Å². The molecule has 0 spiro atoms. The molecule has 21 heavy (non-hydrogen) atoms. The van der Waals surface area contributed by atoms with Crippen molar-refractivity contribution in [2.24, 2.45) is 0 Å². The summed E-state index contributed by atoms with van der Waals surface area (Å²) in [5.41, 5.74) is 5.75. The molecule has 0 aliphatic carbocycles. The maximum Gasteiger partial charge on any atom is 0.0239 e. The van der Waals surface area contributed by atoms with Crippen molar-refractivity contribution >= 4 is 0 Å². The number of piperidine rings is 1. The molecule has 0 N–H and O–H groups in total. The zero-order valence-electron chi connectivity index (χ0n) is 13.0. The maximum atomic E-state index is 2.61. The van der Waals surface area contributed by atoms with Gasteiger partial charge in [0.2, 0.25) is 0 Å². The van der Waals surface area contributed by atoms with Gasteiger partial charge < -0.3 is 0 Å². The van der Waals surface area contributed by atoms with Gasteiger partial charge in [0.15, 0.2) is 0 Å². The molecule has 1 aliphatic heterocycles. The minimum Gasteiger partial charge on any atom is -0.299 e. The fourth-order valence-electron chi connectivity index (χ4n) is 3.37. The number of rotatable bonds is 4. The van der Waals surface area contributed by atoms with Crippen LogP contribution in [0.3, 0.4) is 0 Å². The second kappa shape index (κ2) is 6.91. The molecule has 0 saturated carbocycles. The van der Waals surface area contributed by atoms with E-state index < -0.39 is 0 Å². The molecule has 0 unspecified atom stereocenters. The van der Waals surface area contributed by atoms with E-state index in [0.717, 1.165) is 13.0 Å². The molecule has 1 saturated heterocycles. The lowest BCUT2D eigenvalue weighted by atomic mass is 9.94. The second-order valence-electron chi connectivity index (χ2n) is 6.00. The van der Waals surface area contributed by atoms with E-state index in [-0.39, 0.29) is 0 Å². The van der Waals surface area contributed by atoms with Crippen LogP contribution in [0.4, 0.5) is 0 Å². The van der Waals surface area contributed by atoms with Gasteiger partial charge in [-0.25, -0.2) is 0 Å². The Kier molecular flexibility index (Phi) is 4.72. The Morgan fingerprint density at radius 2 is 1.33 bits per heavy atom. The van der Waals surface area contributed by atoms with Crippen LogP contribution in [0.15, 0.2) is 48.5 Å². The third-order valence-corrected chi connectivity index (χ3v) is 4.55. The highest BCUT2D eigenvalue weighted by atomic mass is 15.1. The van der Waals surface area contributed by atoms with Gasteiger partial charge in [-0.05, 0) is 54.6 Å². The maximum absolute atomic E-state index is 2.61. The first-order valence-corrected chi connectivity index (χ1v) is 8.27. The Labute approximate surface area is 128 Å². The largest absolute Gasteiger partial charge is 0.299 e. The first kappa shape index (κ1) is 14.3. The lowest BCUT2D eigenvalue weighted by Crippen LogP contribution is -2.29. The SMILES string of the molecule is CCc1ccccc1-c1ccccc1CN1CCCCC1. The van der Waals surface area contributed by atoms with Gasteiger partial charge in [-0.2, -0.15) is 0 Å². The molecule has 110 valence electrons. The van der Waals surface area contributed by atoms with Crippen molar-refractivity contribution in [1.82, 2.24) is 4.90 Å². The third-order valence-electron chi connectivity index (χ3n) is 4.55. The van der Waals surface area contributed by atoms with Crippen LogP contribution in [0.25, 0.3) is 11.1 Å². The van der Waals surface area contributed by atoms with Gasteiger partial charge >= 0.3 is 0 Å². The van der Waals surface area contributed by atoms with Gasteiger partial charge in [0, 0.05) is 6.54 Å². The Bertz CT molecular complexity index is 582. The molecule has 1 nitrogen and oxygen atoms in total. The van der Waals surface area contributed by atoms with E-state index >= 15 is 0 Å². The molecule has 0 amide bonds. The van der Waals surface area contributed by atoms with Gasteiger partial charge in [-0.15, -0.1) is 0 Å². The summed E-state index contributed by atoms with van der Waals surface area (Å²) in [5.74, 6) is 0. The molecule has 3 rings (SSSR count). The number of hydrogen-bond donors (Lipinski definition) is 0. The van der Waals surface area contributed by atoms with Gasteiger partial charge in [0.1, 0.15) is 0 Å². The van der Waals surface area contributed by atoms with Crippen LogP contribution in [0.5, 0.6) is 0 Å². The predicted octanol–water partition coefficient (Wildman–Crippen LogP) is 4.90. The van der Waals surface area contributed by atoms with Crippen molar-refractivity contribution in [2.75, 3.05) is 13.1 Å². The van der Waals surface area contributed by atoms with Crippen LogP contribution in [0.1, 0.15) is 37.3 Å². The van der Waals surface area contributed by atoms with Crippen LogP contribution >= 0.6 is 0 Å². The number of hydrogen-bond acceptors (Lipinski definition) is 1. The molecule has 0 atom stereocenters. The molecule has 0 aromatic heterocycles. The monoisotopic (exact) mass is 279 g/mol. The zero-order chi connectivity index (χ0) is 14.5. The van der Waals surface area contributed by atoms with E-state index in [4.69, 9.17) is 0 Å². The van der Waals surface area contributed by atoms with Crippen LogP contribution in [-0.2, 0) is 13.0 Å². The predicted molar refractivity (Wildman–Crippen MR) is 90.4 cm³/mol. The first-order valence-electron chi connectivity index (χ1n) is 8.27. The van der Waals surface area contributed by atoms with Crippen molar-refractivity contribution in [1.29, 1.82) is 0 Å². The standard InChI is InChI=1S/C20H25N/c1-2-17-10-4-6-12-19(17)20-13-7-5-11-18(20)16-21-14-8-3-9-15-21/h4-7,10-13H,2-3,8-9,14-16H2,1H3. The summed E-state index contributed by atoms with van der Waals surface area (Å²) in [6.45, 7) is 5.84. The van der Waals surface area contributed by atoms with Gasteiger partial charge in [-0.1, -0.05) is 61.9 Å². The van der Waals surface area contributed by atoms with Gasteiger partial charge in [-0.3, -0.25) is 4.90 Å². The van der Waals surface area contributed by atoms with Crippen molar-refractivity contribution in [3.63, 3.8) is 0 Å². The average Bonchev–Trinajstić information content (AvgIpc) is 2.56. The van der Waals surface area contributed by atoms with E-state index in [0.29, 0.717) is 0 Å². The normalized spacial score (nSPS) is 16.0. The van der Waals surface area contributed by atoms with Crippen molar-refractivity contribution in [3.05, 3.63) is 59.7 Å². The highest BCUT2D eigenvalue weighted by molar-refractivity contribution is 5.70. The summed E-state index contributed by atoms with van der Waals surface area (Å²) in [6.07, 6.45) is 5.20. The number of likely N-dealkylation sites (tertiary alicyclic amines) is 1. The lowest BCUT2D eigenvalue weighted by Gasteiger charge is -2.27. The van der Waals surface area contributed by atoms with Crippen LogP contribution < -0.4 is 0 Å². The average molecular weight is 279 g/mol. The minimum absolute atomic E-state index is 1.09. The summed E-state index contributed by atoms with van der Waals surface area (Å²) in [7, 11) is 0. The quantitative estimate of drug-likeness (QED) is 0.769. The van der Waals surface area contributed by atoms with Crippen LogP contribution in [-0.4, -0.2) is 18.0 Å². The molecule has 0 bridgehead atoms. The summed E-state index contributed by atoms with van der Waals surface area (Å²) >= 11 is 0. The molecular formula is C20H25N. The zero-order valence-corrected chi connectivity index (χ0v) is 13.0. The molecule has 1 fully saturated rings. The number of aryl methyl sites for hydroxylation is 1.